The van der Waals surface area contributed by atoms with Crippen molar-refractivity contribution >= 4 is 8.07 Å². The lowest BCUT2D eigenvalue weighted by atomic mass is 10.2. The molecule has 0 amide bonds. The fraction of sp³-hybridized carbons (Fsp3) is 0.231. The van der Waals surface area contributed by atoms with Crippen LogP contribution in [-0.4, -0.2) is 13.2 Å². The molecule has 2 heteroatoms. The molecule has 0 fully saturated rings. The lowest BCUT2D eigenvalue weighted by molar-refractivity contribution is 0.475. The van der Waals surface area contributed by atoms with Crippen LogP contribution in [0.4, 0.5) is 0 Å². The van der Waals surface area contributed by atoms with E-state index in [0.717, 1.165) is 5.56 Å². The smallest absolute Gasteiger partial charge is 0.130 e. The van der Waals surface area contributed by atoms with Gasteiger partial charge in [0.05, 0.1) is 0 Å². The minimum atomic E-state index is -1.31. The summed E-state index contributed by atoms with van der Waals surface area (Å²) in [4.78, 5) is 0. The molecule has 0 heterocycles. The van der Waals surface area contributed by atoms with Crippen molar-refractivity contribution in [3.05, 3.63) is 29.8 Å². The second kappa shape index (κ2) is 4.73. The van der Waals surface area contributed by atoms with Gasteiger partial charge in [-0.05, 0) is 36.1 Å². The Balaban J connectivity index is 2.74. The standard InChI is InChI=1S/C13H14OSi/c1-15(2,3)11-5-4-6-12-7-9-13(14)10-8-12/h7-10,14H,1-3H3. The SMILES string of the molecule is C[Si](C)(C)C#CC#Cc1ccc(O)cc1. The van der Waals surface area contributed by atoms with Gasteiger partial charge in [-0.15, -0.1) is 5.54 Å². The van der Waals surface area contributed by atoms with Gasteiger partial charge in [-0.1, -0.05) is 25.6 Å². The normalized spacial score (nSPS) is 9.53. The van der Waals surface area contributed by atoms with Crippen LogP contribution in [0.15, 0.2) is 24.3 Å². The minimum absolute atomic E-state index is 0.258. The van der Waals surface area contributed by atoms with Gasteiger partial charge in [-0.25, -0.2) is 0 Å². The number of hydrogen-bond acceptors (Lipinski definition) is 1. The van der Waals surface area contributed by atoms with Crippen LogP contribution in [-0.2, 0) is 0 Å². The van der Waals surface area contributed by atoms with E-state index in [-0.39, 0.29) is 5.75 Å². The fourth-order valence-corrected chi connectivity index (χ4v) is 1.30. The van der Waals surface area contributed by atoms with E-state index in [9.17, 15) is 0 Å². The molecule has 15 heavy (non-hydrogen) atoms. The number of benzene rings is 1. The Labute approximate surface area is 92.2 Å². The van der Waals surface area contributed by atoms with Crippen LogP contribution < -0.4 is 0 Å². The molecule has 1 nitrogen and oxygen atoms in total. The van der Waals surface area contributed by atoms with Gasteiger partial charge in [0.25, 0.3) is 0 Å². The molecule has 0 unspecified atom stereocenters. The Bertz CT molecular complexity index is 444. The van der Waals surface area contributed by atoms with E-state index >= 15 is 0 Å². The van der Waals surface area contributed by atoms with Gasteiger partial charge < -0.3 is 5.11 Å². The number of aromatic hydroxyl groups is 1. The maximum atomic E-state index is 9.06. The third kappa shape index (κ3) is 4.95. The Kier molecular flexibility index (Phi) is 3.60. The molecule has 0 saturated heterocycles. The van der Waals surface area contributed by atoms with Crippen LogP contribution in [0.5, 0.6) is 5.75 Å². The van der Waals surface area contributed by atoms with Gasteiger partial charge in [0, 0.05) is 5.56 Å². The zero-order valence-corrected chi connectivity index (χ0v) is 10.3. The third-order valence-corrected chi connectivity index (χ3v) is 2.45. The van der Waals surface area contributed by atoms with Crippen molar-refractivity contribution < 1.29 is 5.11 Å². The zero-order chi connectivity index (χ0) is 11.3. The number of rotatable bonds is 0. The quantitative estimate of drug-likeness (QED) is 0.520. The lowest BCUT2D eigenvalue weighted by Crippen LogP contribution is -2.16. The molecule has 0 aliphatic rings. The minimum Gasteiger partial charge on any atom is -0.508 e. The number of phenolic OH excluding ortho intramolecular Hbond substituents is 1. The van der Waals surface area contributed by atoms with Gasteiger partial charge in [-0.3, -0.25) is 0 Å². The molecule has 1 aromatic carbocycles. The highest BCUT2D eigenvalue weighted by molar-refractivity contribution is 6.83. The summed E-state index contributed by atoms with van der Waals surface area (Å²) >= 11 is 0. The molecule has 0 aliphatic heterocycles. The maximum Gasteiger partial charge on any atom is 0.130 e. The van der Waals surface area contributed by atoms with E-state index in [1.807, 2.05) is 0 Å². The van der Waals surface area contributed by atoms with Crippen LogP contribution in [0.1, 0.15) is 5.56 Å². The van der Waals surface area contributed by atoms with Crippen molar-refractivity contribution in [1.82, 2.24) is 0 Å². The van der Waals surface area contributed by atoms with Crippen LogP contribution in [0.2, 0.25) is 19.6 Å². The van der Waals surface area contributed by atoms with E-state index in [1.54, 1.807) is 24.3 Å². The molecule has 0 aromatic heterocycles. The van der Waals surface area contributed by atoms with Crippen LogP contribution >= 0.6 is 0 Å². The van der Waals surface area contributed by atoms with Crippen LogP contribution in [0.25, 0.3) is 0 Å². The highest BCUT2D eigenvalue weighted by Gasteiger charge is 2.06. The van der Waals surface area contributed by atoms with Crippen LogP contribution in [0, 0.1) is 23.3 Å². The van der Waals surface area contributed by atoms with Crippen molar-refractivity contribution in [2.24, 2.45) is 0 Å². The van der Waals surface area contributed by atoms with Gasteiger partial charge in [0.1, 0.15) is 13.8 Å². The summed E-state index contributed by atoms with van der Waals surface area (Å²) in [5.41, 5.74) is 4.04. The zero-order valence-electron chi connectivity index (χ0n) is 9.26. The number of phenols is 1. The summed E-state index contributed by atoms with van der Waals surface area (Å²) in [6.45, 7) is 6.55. The molecule has 1 N–H and O–H groups in total. The first-order valence-electron chi connectivity index (χ1n) is 4.79. The van der Waals surface area contributed by atoms with Gasteiger partial charge in [0.2, 0.25) is 0 Å². The van der Waals surface area contributed by atoms with Crippen molar-refractivity contribution in [3.63, 3.8) is 0 Å². The maximum absolute atomic E-state index is 9.06. The summed E-state index contributed by atoms with van der Waals surface area (Å²) in [7, 11) is -1.31. The van der Waals surface area contributed by atoms with Crippen LogP contribution in [0.3, 0.4) is 0 Å². The fourth-order valence-electron chi connectivity index (χ4n) is 0.867. The first-order chi connectivity index (χ1) is 6.97. The van der Waals surface area contributed by atoms with E-state index < -0.39 is 8.07 Å². The molecule has 0 saturated carbocycles. The van der Waals surface area contributed by atoms with Gasteiger partial charge in [-0.2, -0.15) is 0 Å². The summed E-state index contributed by atoms with van der Waals surface area (Å²) < 4.78 is 0. The van der Waals surface area contributed by atoms with E-state index in [1.165, 1.54) is 0 Å². The van der Waals surface area contributed by atoms with Crippen molar-refractivity contribution in [3.8, 4) is 29.1 Å². The monoisotopic (exact) mass is 214 g/mol. The molecule has 0 radical (unpaired) electrons. The van der Waals surface area contributed by atoms with Gasteiger partial charge >= 0.3 is 0 Å². The molecular formula is C13H14OSi. The third-order valence-electron chi connectivity index (χ3n) is 1.57. The topological polar surface area (TPSA) is 20.2 Å². The van der Waals surface area contributed by atoms with Crippen molar-refractivity contribution in [2.45, 2.75) is 19.6 Å². The molecule has 1 rings (SSSR count). The first-order valence-corrected chi connectivity index (χ1v) is 8.29. The largest absolute Gasteiger partial charge is 0.508 e. The van der Waals surface area contributed by atoms with Crippen molar-refractivity contribution in [1.29, 1.82) is 0 Å². The van der Waals surface area contributed by atoms with Crippen molar-refractivity contribution in [2.75, 3.05) is 0 Å². The molecule has 1 aromatic rings. The van der Waals surface area contributed by atoms with E-state index in [0.29, 0.717) is 0 Å². The molecular weight excluding hydrogens is 200 g/mol. The van der Waals surface area contributed by atoms with Gasteiger partial charge in [0.15, 0.2) is 0 Å². The highest BCUT2D eigenvalue weighted by Crippen LogP contribution is 2.08. The lowest BCUT2D eigenvalue weighted by Gasteiger charge is -2.01. The molecule has 0 bridgehead atoms. The highest BCUT2D eigenvalue weighted by atomic mass is 28.3. The summed E-state index contributed by atoms with van der Waals surface area (Å²) in [5, 5.41) is 9.06. The molecule has 76 valence electrons. The average Bonchev–Trinajstić information content (AvgIpc) is 2.14. The Morgan fingerprint density at radius 1 is 1.00 bits per heavy atom. The first kappa shape index (κ1) is 11.4. The second-order valence-corrected chi connectivity index (χ2v) is 9.05. The predicted molar refractivity (Wildman–Crippen MR) is 66.1 cm³/mol. The second-order valence-electron chi connectivity index (χ2n) is 4.30. The Morgan fingerprint density at radius 2 is 1.60 bits per heavy atom. The molecule has 0 aliphatic carbocycles. The predicted octanol–water partition coefficient (Wildman–Crippen LogP) is 2.62. The van der Waals surface area contributed by atoms with E-state index in [2.05, 4.69) is 42.9 Å². The average molecular weight is 214 g/mol. The molecule has 0 atom stereocenters. The Morgan fingerprint density at radius 3 is 2.13 bits per heavy atom. The summed E-state index contributed by atoms with van der Waals surface area (Å²) in [6.07, 6.45) is 0. The molecule has 0 spiro atoms. The summed E-state index contributed by atoms with van der Waals surface area (Å²) in [5.74, 6) is 8.89. The number of hydrogen-bond donors (Lipinski definition) is 1. The Hall–Kier alpha value is -1.64. The summed E-state index contributed by atoms with van der Waals surface area (Å²) in [6, 6.07) is 6.79. The van der Waals surface area contributed by atoms with E-state index in [4.69, 9.17) is 5.11 Å².